The van der Waals surface area contributed by atoms with Crippen molar-refractivity contribution in [3.8, 4) is 0 Å². The van der Waals surface area contributed by atoms with Crippen LogP contribution in [0.4, 0.5) is 13.2 Å². The van der Waals surface area contributed by atoms with Gasteiger partial charge in [0, 0.05) is 12.8 Å². The summed E-state index contributed by atoms with van der Waals surface area (Å²) < 4.78 is 37.0. The van der Waals surface area contributed by atoms with Gasteiger partial charge in [-0.25, -0.2) is 0 Å². The lowest BCUT2D eigenvalue weighted by molar-refractivity contribution is -0.163. The van der Waals surface area contributed by atoms with Crippen molar-refractivity contribution in [1.82, 2.24) is 5.01 Å². The third-order valence-corrected chi connectivity index (χ3v) is 2.19. The molecule has 0 aromatic heterocycles. The molecule has 0 aromatic rings. The number of hydrazone groups is 1. The maximum atomic E-state index is 12.3. The second kappa shape index (κ2) is 2.64. The van der Waals surface area contributed by atoms with Gasteiger partial charge in [0.15, 0.2) is 0 Å². The molecule has 70 valence electrons. The Balaban J connectivity index is 2.87. The molecule has 12 heavy (non-hydrogen) atoms. The Bertz CT molecular complexity index is 209. The molecule has 0 fully saturated rings. The Labute approximate surface area is 69.0 Å². The highest BCUT2D eigenvalue weighted by Gasteiger charge is 2.49. The van der Waals surface area contributed by atoms with E-state index in [-0.39, 0.29) is 5.71 Å². The van der Waals surface area contributed by atoms with E-state index >= 15 is 0 Å². The van der Waals surface area contributed by atoms with Crippen LogP contribution in [0.2, 0.25) is 0 Å². The van der Waals surface area contributed by atoms with Gasteiger partial charge >= 0.3 is 6.18 Å². The number of hydrogen-bond donors (Lipinski definition) is 0. The summed E-state index contributed by atoms with van der Waals surface area (Å²) in [7, 11) is 1.56. The van der Waals surface area contributed by atoms with E-state index in [0.29, 0.717) is 0 Å². The third-order valence-electron chi connectivity index (χ3n) is 2.19. The van der Waals surface area contributed by atoms with Crippen molar-refractivity contribution in [1.29, 1.82) is 0 Å². The molecule has 0 saturated carbocycles. The molecule has 1 aliphatic rings. The summed E-state index contributed by atoms with van der Waals surface area (Å²) in [6.45, 7) is 2.94. The molecule has 0 aliphatic carbocycles. The summed E-state index contributed by atoms with van der Waals surface area (Å²) in [5.74, 6) is -1.40. The molecule has 0 spiro atoms. The van der Waals surface area contributed by atoms with Crippen LogP contribution < -0.4 is 0 Å². The van der Waals surface area contributed by atoms with Crippen LogP contribution in [0.3, 0.4) is 0 Å². The van der Waals surface area contributed by atoms with E-state index in [1.54, 1.807) is 7.05 Å². The minimum absolute atomic E-state index is 0.150. The molecule has 0 saturated heterocycles. The van der Waals surface area contributed by atoms with Crippen LogP contribution in [0, 0.1) is 5.92 Å². The highest BCUT2D eigenvalue weighted by molar-refractivity contribution is 5.86. The zero-order valence-electron chi connectivity index (χ0n) is 7.18. The van der Waals surface area contributed by atoms with Crippen molar-refractivity contribution in [3.63, 3.8) is 0 Å². The Morgan fingerprint density at radius 3 is 2.08 bits per heavy atom. The zero-order chi connectivity index (χ0) is 9.52. The number of alkyl halides is 3. The molecule has 1 rings (SSSR count). The fourth-order valence-electron chi connectivity index (χ4n) is 1.48. The number of halogens is 3. The first-order chi connectivity index (χ1) is 5.34. The Morgan fingerprint density at radius 2 is 1.92 bits per heavy atom. The molecular formula is C7H11F3N2. The molecule has 0 amide bonds. The topological polar surface area (TPSA) is 15.6 Å². The van der Waals surface area contributed by atoms with Gasteiger partial charge in [-0.1, -0.05) is 0 Å². The zero-order valence-corrected chi connectivity index (χ0v) is 7.18. The summed E-state index contributed by atoms with van der Waals surface area (Å²) in [4.78, 5) is 0. The van der Waals surface area contributed by atoms with Gasteiger partial charge in [-0.15, -0.1) is 0 Å². The quantitative estimate of drug-likeness (QED) is 0.555. The van der Waals surface area contributed by atoms with E-state index in [1.165, 1.54) is 18.9 Å². The first kappa shape index (κ1) is 9.35. The highest BCUT2D eigenvalue weighted by atomic mass is 19.4. The summed E-state index contributed by atoms with van der Waals surface area (Å²) in [6, 6.07) is -0.579. The van der Waals surface area contributed by atoms with E-state index in [0.717, 1.165) is 0 Å². The van der Waals surface area contributed by atoms with E-state index in [2.05, 4.69) is 5.10 Å². The first-order valence-electron chi connectivity index (χ1n) is 3.68. The van der Waals surface area contributed by atoms with Crippen LogP contribution in [0.1, 0.15) is 13.8 Å². The predicted octanol–water partition coefficient (Wildman–Crippen LogP) is 1.87. The molecule has 1 heterocycles. The predicted molar refractivity (Wildman–Crippen MR) is 39.9 cm³/mol. The minimum Gasteiger partial charge on any atom is -0.296 e. The van der Waals surface area contributed by atoms with Crippen molar-refractivity contribution in [2.24, 2.45) is 11.0 Å². The van der Waals surface area contributed by atoms with E-state index in [1.807, 2.05) is 0 Å². The molecule has 0 bridgehead atoms. The highest BCUT2D eigenvalue weighted by Crippen LogP contribution is 2.35. The summed E-state index contributed by atoms with van der Waals surface area (Å²) in [5, 5.41) is 5.10. The average Bonchev–Trinajstić information content (AvgIpc) is 2.05. The average molecular weight is 180 g/mol. The van der Waals surface area contributed by atoms with Crippen molar-refractivity contribution >= 4 is 5.71 Å². The smallest absolute Gasteiger partial charge is 0.296 e. The van der Waals surface area contributed by atoms with Gasteiger partial charge < -0.3 is 0 Å². The molecule has 1 aliphatic heterocycles. The molecule has 2 atom stereocenters. The van der Waals surface area contributed by atoms with E-state index in [4.69, 9.17) is 0 Å². The summed E-state index contributed by atoms with van der Waals surface area (Å²) in [6.07, 6.45) is -4.17. The Kier molecular flexibility index (Phi) is 2.06. The SMILES string of the molecule is CC1=NN(C)C(C)C1C(F)(F)F. The Hall–Kier alpha value is -0.740. The van der Waals surface area contributed by atoms with Gasteiger partial charge in [-0.2, -0.15) is 18.3 Å². The van der Waals surface area contributed by atoms with Crippen molar-refractivity contribution < 1.29 is 13.2 Å². The lowest BCUT2D eigenvalue weighted by atomic mass is 9.97. The maximum absolute atomic E-state index is 12.3. The van der Waals surface area contributed by atoms with Crippen molar-refractivity contribution in [2.45, 2.75) is 26.1 Å². The first-order valence-corrected chi connectivity index (χ1v) is 3.68. The largest absolute Gasteiger partial charge is 0.399 e. The van der Waals surface area contributed by atoms with Gasteiger partial charge in [-0.05, 0) is 13.8 Å². The summed E-state index contributed by atoms with van der Waals surface area (Å²) >= 11 is 0. The maximum Gasteiger partial charge on any atom is 0.399 e. The van der Waals surface area contributed by atoms with Gasteiger partial charge in [0.1, 0.15) is 5.92 Å². The van der Waals surface area contributed by atoms with E-state index in [9.17, 15) is 13.2 Å². The second-order valence-electron chi connectivity index (χ2n) is 3.07. The van der Waals surface area contributed by atoms with Crippen molar-refractivity contribution in [2.75, 3.05) is 7.05 Å². The number of rotatable bonds is 0. The van der Waals surface area contributed by atoms with Gasteiger partial charge in [0.2, 0.25) is 0 Å². The van der Waals surface area contributed by atoms with Gasteiger partial charge in [0.25, 0.3) is 0 Å². The van der Waals surface area contributed by atoms with Gasteiger partial charge in [0.05, 0.1) is 6.04 Å². The van der Waals surface area contributed by atoms with Crippen LogP contribution in [0.25, 0.3) is 0 Å². The molecule has 0 aromatic carbocycles. The lowest BCUT2D eigenvalue weighted by Crippen LogP contribution is -2.38. The fraction of sp³-hybridized carbons (Fsp3) is 0.857. The monoisotopic (exact) mass is 180 g/mol. The molecule has 5 heteroatoms. The van der Waals surface area contributed by atoms with Crippen LogP contribution >= 0.6 is 0 Å². The van der Waals surface area contributed by atoms with Gasteiger partial charge in [-0.3, -0.25) is 5.01 Å². The number of nitrogens with zero attached hydrogens (tertiary/aromatic N) is 2. The molecule has 2 unspecified atom stereocenters. The second-order valence-corrected chi connectivity index (χ2v) is 3.07. The Morgan fingerprint density at radius 1 is 1.42 bits per heavy atom. The fourth-order valence-corrected chi connectivity index (χ4v) is 1.48. The third kappa shape index (κ3) is 1.40. The normalized spacial score (nSPS) is 30.8. The lowest BCUT2D eigenvalue weighted by Gasteiger charge is -2.22. The van der Waals surface area contributed by atoms with Crippen LogP contribution in [0.15, 0.2) is 5.10 Å². The summed E-state index contributed by atoms with van der Waals surface area (Å²) in [5.41, 5.74) is 0.150. The van der Waals surface area contributed by atoms with Crippen LogP contribution in [0.5, 0.6) is 0 Å². The molecule has 2 nitrogen and oxygen atoms in total. The van der Waals surface area contributed by atoms with Crippen molar-refractivity contribution in [3.05, 3.63) is 0 Å². The standard InChI is InChI=1S/C7H11F3N2/c1-4-6(7(8,9)10)5(2)12(3)11-4/h5-6H,1-3H3. The number of hydrogen-bond acceptors (Lipinski definition) is 2. The van der Waals surface area contributed by atoms with E-state index < -0.39 is 18.1 Å². The molecule has 0 radical (unpaired) electrons. The van der Waals surface area contributed by atoms with Crippen LogP contribution in [-0.4, -0.2) is 30.0 Å². The minimum atomic E-state index is -4.17. The van der Waals surface area contributed by atoms with Crippen LogP contribution in [-0.2, 0) is 0 Å². The molecular weight excluding hydrogens is 169 g/mol. The molecule has 0 N–H and O–H groups in total.